The second kappa shape index (κ2) is 8.72. The van der Waals surface area contributed by atoms with Gasteiger partial charge < -0.3 is 19.9 Å². The minimum atomic E-state index is -2.07. The molecule has 0 aromatic heterocycles. The van der Waals surface area contributed by atoms with Crippen LogP contribution in [0, 0.1) is 0 Å². The average molecular weight is 267 g/mol. The Balaban J connectivity index is 0.000000325. The van der Waals surface area contributed by atoms with Crippen LogP contribution in [0.25, 0.3) is 0 Å². The summed E-state index contributed by atoms with van der Waals surface area (Å²) in [6, 6.07) is 0.935. The maximum atomic E-state index is 9.04. The summed E-state index contributed by atoms with van der Waals surface area (Å²) in [4.78, 5) is 19.8. The van der Waals surface area contributed by atoms with Gasteiger partial charge in [0, 0.05) is 0 Å². The van der Waals surface area contributed by atoms with E-state index < -0.39 is 11.9 Å². The first-order valence-electron chi connectivity index (χ1n) is 5.06. The molecule has 0 radical (unpaired) electrons. The highest BCUT2D eigenvalue weighted by molar-refractivity contribution is 8.77. The van der Waals surface area contributed by atoms with E-state index in [9.17, 15) is 0 Å². The fraction of sp³-hybridized carbons (Fsp3) is 0.778. The zero-order valence-electron chi connectivity index (χ0n) is 9.39. The Morgan fingerprint density at radius 1 is 1.31 bits per heavy atom. The molecule has 0 saturated carbocycles. The van der Waals surface area contributed by atoms with Gasteiger partial charge >= 0.3 is 5.97 Å². The maximum Gasteiger partial charge on any atom is 0.351 e. The minimum Gasteiger partial charge on any atom is -0.539 e. The molecular weight excluding hydrogens is 250 g/mol. The molecular formula is C9H17NO4S2. The van der Waals surface area contributed by atoms with Gasteiger partial charge in [0.25, 0.3) is 0 Å². The van der Waals surface area contributed by atoms with Crippen LogP contribution in [0.5, 0.6) is 0 Å². The Morgan fingerprint density at radius 2 is 1.69 bits per heavy atom. The molecule has 0 unspecified atom stereocenters. The van der Waals surface area contributed by atoms with Crippen LogP contribution in [0.3, 0.4) is 0 Å². The molecule has 5 nitrogen and oxygen atoms in total. The van der Waals surface area contributed by atoms with Gasteiger partial charge in [0.1, 0.15) is 6.04 Å². The third-order valence-corrected chi connectivity index (χ3v) is 4.84. The highest BCUT2D eigenvalue weighted by Crippen LogP contribution is 2.29. The summed E-state index contributed by atoms with van der Waals surface area (Å²) in [7, 11) is 4.07. The van der Waals surface area contributed by atoms with Crippen molar-refractivity contribution < 1.29 is 24.7 Å². The molecule has 0 amide bonds. The number of nitrogens with one attached hydrogen (secondary N) is 1. The molecule has 1 aliphatic rings. The van der Waals surface area contributed by atoms with Gasteiger partial charge in [0.2, 0.25) is 0 Å². The van der Waals surface area contributed by atoms with Gasteiger partial charge in [-0.15, -0.1) is 0 Å². The summed E-state index contributed by atoms with van der Waals surface area (Å²) in [6.45, 7) is 7.16. The average Bonchev–Trinajstić information content (AvgIpc) is 2.74. The van der Waals surface area contributed by atoms with Crippen molar-refractivity contribution >= 4 is 33.5 Å². The van der Waals surface area contributed by atoms with E-state index in [0.29, 0.717) is 0 Å². The second-order valence-electron chi connectivity index (χ2n) is 3.22. The zero-order chi connectivity index (χ0) is 12.6. The van der Waals surface area contributed by atoms with E-state index in [-0.39, 0.29) is 0 Å². The number of carboxylic acid groups (broad SMARTS) is 2. The van der Waals surface area contributed by atoms with Gasteiger partial charge in [-0.05, 0) is 13.8 Å². The van der Waals surface area contributed by atoms with E-state index in [2.05, 4.69) is 13.8 Å². The monoisotopic (exact) mass is 267 g/mol. The highest BCUT2D eigenvalue weighted by Gasteiger charge is 2.24. The fourth-order valence-electron chi connectivity index (χ4n) is 1.37. The molecule has 1 heterocycles. The van der Waals surface area contributed by atoms with Crippen molar-refractivity contribution in [3.05, 3.63) is 0 Å². The molecule has 2 N–H and O–H groups in total. The second-order valence-corrected chi connectivity index (χ2v) is 5.78. The van der Waals surface area contributed by atoms with Crippen molar-refractivity contribution in [3.8, 4) is 0 Å². The third kappa shape index (κ3) is 6.24. The standard InChI is InChI=1S/C7H15NS2.C2H2O4/c1-3-8(4-2)7-5-9-10-6-7;3-1(4)2(5)6/h7H,3-6H2,1-2H3;(H,3,4)(H,5,6). The lowest BCUT2D eigenvalue weighted by Crippen LogP contribution is -3.15. The topological polar surface area (TPSA) is 81.9 Å². The molecule has 0 atom stereocenters. The van der Waals surface area contributed by atoms with Gasteiger partial charge in [0.05, 0.1) is 24.6 Å². The summed E-state index contributed by atoms with van der Waals surface area (Å²) in [5.74, 6) is -1.28. The predicted molar refractivity (Wildman–Crippen MR) is 63.4 cm³/mol. The Kier molecular flexibility index (Phi) is 8.50. The Hall–Kier alpha value is -0.400. The normalized spacial score (nSPS) is 15.7. The van der Waals surface area contributed by atoms with Gasteiger partial charge in [-0.2, -0.15) is 0 Å². The Labute approximate surface area is 103 Å². The van der Waals surface area contributed by atoms with Gasteiger partial charge in [-0.1, -0.05) is 21.6 Å². The number of quaternary nitrogens is 1. The van der Waals surface area contributed by atoms with E-state index in [1.807, 2.05) is 21.6 Å². The smallest absolute Gasteiger partial charge is 0.351 e. The van der Waals surface area contributed by atoms with Crippen molar-refractivity contribution in [2.45, 2.75) is 19.9 Å². The van der Waals surface area contributed by atoms with E-state index in [0.717, 1.165) is 6.04 Å². The fourth-order valence-corrected chi connectivity index (χ4v) is 4.31. The number of hydrogen-bond acceptors (Lipinski definition) is 5. The maximum absolute atomic E-state index is 9.04. The molecule has 94 valence electrons. The van der Waals surface area contributed by atoms with E-state index in [1.165, 1.54) is 24.6 Å². The number of carbonyl (C=O) groups excluding carboxylic acids is 1. The summed E-state index contributed by atoms with van der Waals surface area (Å²) < 4.78 is 0. The predicted octanol–water partition coefficient (Wildman–Crippen LogP) is -1.50. The van der Waals surface area contributed by atoms with E-state index in [4.69, 9.17) is 19.8 Å². The van der Waals surface area contributed by atoms with Crippen molar-refractivity contribution in [3.63, 3.8) is 0 Å². The number of hydrogen-bond donors (Lipinski definition) is 2. The van der Waals surface area contributed by atoms with Crippen LogP contribution in [0.2, 0.25) is 0 Å². The van der Waals surface area contributed by atoms with Crippen molar-refractivity contribution in [1.29, 1.82) is 0 Å². The van der Waals surface area contributed by atoms with Crippen molar-refractivity contribution in [2.75, 3.05) is 24.6 Å². The summed E-state index contributed by atoms with van der Waals surface area (Å²) in [5, 5.41) is 16.3. The van der Waals surface area contributed by atoms with Gasteiger partial charge in [-0.3, -0.25) is 0 Å². The van der Waals surface area contributed by atoms with E-state index in [1.54, 1.807) is 4.90 Å². The van der Waals surface area contributed by atoms with Crippen LogP contribution in [0.15, 0.2) is 0 Å². The van der Waals surface area contributed by atoms with Crippen molar-refractivity contribution in [1.82, 2.24) is 0 Å². The molecule has 1 aliphatic heterocycles. The Morgan fingerprint density at radius 3 is 1.94 bits per heavy atom. The molecule has 16 heavy (non-hydrogen) atoms. The first-order valence-corrected chi connectivity index (χ1v) is 7.54. The van der Waals surface area contributed by atoms with Crippen molar-refractivity contribution in [2.24, 2.45) is 0 Å². The molecule has 1 saturated heterocycles. The van der Waals surface area contributed by atoms with Crippen LogP contribution in [0.4, 0.5) is 0 Å². The molecule has 0 bridgehead atoms. The van der Waals surface area contributed by atoms with Crippen LogP contribution in [-0.4, -0.2) is 47.7 Å². The molecule has 0 aromatic carbocycles. The van der Waals surface area contributed by atoms with Crippen LogP contribution >= 0.6 is 21.6 Å². The summed E-state index contributed by atoms with van der Waals surface area (Å²) in [6.07, 6.45) is 0. The number of carboxylic acids is 2. The molecule has 0 aliphatic carbocycles. The largest absolute Gasteiger partial charge is 0.539 e. The Bertz CT molecular complexity index is 216. The molecule has 0 spiro atoms. The molecule has 0 aromatic rings. The summed E-state index contributed by atoms with van der Waals surface area (Å²) >= 11 is 0. The third-order valence-electron chi connectivity index (χ3n) is 2.28. The number of aliphatic carboxylic acids is 2. The van der Waals surface area contributed by atoms with Crippen LogP contribution < -0.4 is 10.0 Å². The molecule has 1 rings (SSSR count). The van der Waals surface area contributed by atoms with Gasteiger partial charge in [0.15, 0.2) is 5.97 Å². The van der Waals surface area contributed by atoms with Crippen LogP contribution in [-0.2, 0) is 9.59 Å². The first-order chi connectivity index (χ1) is 7.52. The minimum absolute atomic E-state index is 0.935. The first kappa shape index (κ1) is 15.6. The quantitative estimate of drug-likeness (QED) is 0.478. The zero-order valence-corrected chi connectivity index (χ0v) is 11.0. The lowest BCUT2D eigenvalue weighted by molar-refractivity contribution is -0.916. The molecule has 7 heteroatoms. The summed E-state index contributed by atoms with van der Waals surface area (Å²) in [5.41, 5.74) is 0. The molecule has 1 fully saturated rings. The number of carbonyl (C=O) groups is 2. The SMILES string of the molecule is CC[NH+](CC)C1CSSC1.O=C([O-])C(=O)O. The van der Waals surface area contributed by atoms with Gasteiger partial charge in [-0.25, -0.2) is 4.79 Å². The highest BCUT2D eigenvalue weighted by atomic mass is 33.1. The number of rotatable bonds is 3. The van der Waals surface area contributed by atoms with Crippen LogP contribution in [0.1, 0.15) is 13.8 Å². The van der Waals surface area contributed by atoms with E-state index >= 15 is 0 Å². The lowest BCUT2D eigenvalue weighted by atomic mass is 10.3. The lowest BCUT2D eigenvalue weighted by Gasteiger charge is -2.21.